The molecule has 3 rings (SSSR count). The van der Waals surface area contributed by atoms with Crippen LogP contribution in [0.2, 0.25) is 0 Å². The maximum Gasteiger partial charge on any atom is 0.186 e. The van der Waals surface area contributed by atoms with Crippen molar-refractivity contribution in [1.29, 1.82) is 21.2 Å². The summed E-state index contributed by atoms with van der Waals surface area (Å²) in [6, 6.07) is 12.0. The first kappa shape index (κ1) is 14.5. The first-order chi connectivity index (χ1) is 10.4. The Morgan fingerprint density at radius 3 is 2.18 bits per heavy atom. The minimum absolute atomic E-state index is 0.317. The Morgan fingerprint density at radius 2 is 1.73 bits per heavy atom. The number of hydrogen-bond acceptors (Lipinski definition) is 6. The fourth-order valence-electron chi connectivity index (χ4n) is 3.44. The van der Waals surface area contributed by atoms with Crippen LogP contribution < -0.4 is 5.84 Å². The standard InChI is InChI=1S/C14H9BrN6O/c15-9-3-1-8(2-4-9)14(22)10-12(5-16,6-17)13(10,7-18)11(19)21(14)20/h1-4,10,19,22H,20H2. The number of nitrogens with one attached hydrogen (secondary N) is 1. The normalized spacial score (nSPS) is 34.3. The summed E-state index contributed by atoms with van der Waals surface area (Å²) in [4.78, 5) is 0. The summed E-state index contributed by atoms with van der Waals surface area (Å²) in [6.07, 6.45) is 0. The summed E-state index contributed by atoms with van der Waals surface area (Å²) in [6.45, 7) is 0. The Balaban J connectivity index is 2.25. The van der Waals surface area contributed by atoms with Crippen LogP contribution in [-0.2, 0) is 5.72 Å². The number of rotatable bonds is 1. The third kappa shape index (κ3) is 1.19. The van der Waals surface area contributed by atoms with E-state index in [9.17, 15) is 20.9 Å². The van der Waals surface area contributed by atoms with Gasteiger partial charge < -0.3 is 5.11 Å². The number of fused-ring (bicyclic) bond motifs is 1. The smallest absolute Gasteiger partial charge is 0.186 e. The van der Waals surface area contributed by atoms with Crippen LogP contribution in [0.1, 0.15) is 5.56 Å². The highest BCUT2D eigenvalue weighted by molar-refractivity contribution is 9.10. The van der Waals surface area contributed by atoms with E-state index in [2.05, 4.69) is 15.9 Å². The molecule has 1 saturated heterocycles. The van der Waals surface area contributed by atoms with E-state index in [1.165, 1.54) is 0 Å². The van der Waals surface area contributed by atoms with Crippen LogP contribution in [0.3, 0.4) is 0 Å². The minimum atomic E-state index is -1.96. The number of nitrogens with zero attached hydrogens (tertiary/aromatic N) is 4. The number of nitriles is 3. The topological polar surface area (TPSA) is 145 Å². The van der Waals surface area contributed by atoms with Crippen LogP contribution in [0.25, 0.3) is 0 Å². The fraction of sp³-hybridized carbons (Fsp3) is 0.286. The summed E-state index contributed by atoms with van der Waals surface area (Å²) in [5.41, 5.74) is -5.14. The van der Waals surface area contributed by atoms with Crippen LogP contribution in [0.4, 0.5) is 0 Å². The average Bonchev–Trinajstić information content (AvgIpc) is 3.12. The van der Waals surface area contributed by atoms with E-state index >= 15 is 0 Å². The van der Waals surface area contributed by atoms with Gasteiger partial charge in [-0.15, -0.1) is 0 Å². The molecule has 0 amide bonds. The molecule has 7 nitrogen and oxygen atoms in total. The van der Waals surface area contributed by atoms with Crippen molar-refractivity contribution in [2.45, 2.75) is 5.72 Å². The summed E-state index contributed by atoms with van der Waals surface area (Å²) in [5.74, 6) is 4.29. The molecule has 2 fully saturated rings. The van der Waals surface area contributed by atoms with Gasteiger partial charge in [-0.05, 0) is 12.1 Å². The zero-order chi connectivity index (χ0) is 16.3. The van der Waals surface area contributed by atoms with E-state index in [4.69, 9.17) is 11.3 Å². The molecule has 3 unspecified atom stereocenters. The molecule has 8 heteroatoms. The minimum Gasteiger partial charge on any atom is -0.365 e. The van der Waals surface area contributed by atoms with Crippen molar-refractivity contribution < 1.29 is 5.11 Å². The first-order valence-corrected chi connectivity index (χ1v) is 7.02. The number of hydrazine groups is 1. The summed E-state index contributed by atoms with van der Waals surface area (Å²) < 4.78 is 0.769. The molecule has 1 aliphatic carbocycles. The summed E-state index contributed by atoms with van der Waals surface area (Å²) in [5, 5.41) is 48.2. The second-order valence-corrected chi connectivity index (χ2v) is 6.25. The summed E-state index contributed by atoms with van der Waals surface area (Å²) >= 11 is 3.27. The van der Waals surface area contributed by atoms with E-state index in [0.717, 1.165) is 9.48 Å². The number of amidine groups is 1. The van der Waals surface area contributed by atoms with Crippen molar-refractivity contribution in [3.63, 3.8) is 0 Å². The van der Waals surface area contributed by atoms with E-state index in [1.54, 1.807) is 24.3 Å². The lowest BCUT2D eigenvalue weighted by atomic mass is 9.91. The lowest BCUT2D eigenvalue weighted by molar-refractivity contribution is -0.0929. The molecular weight excluding hydrogens is 348 g/mol. The molecule has 22 heavy (non-hydrogen) atoms. The number of halogens is 1. The Morgan fingerprint density at radius 1 is 1.18 bits per heavy atom. The molecule has 0 radical (unpaired) electrons. The van der Waals surface area contributed by atoms with E-state index in [0.29, 0.717) is 5.56 Å². The van der Waals surface area contributed by atoms with Gasteiger partial charge in [0.1, 0.15) is 5.84 Å². The molecule has 108 valence electrons. The molecule has 1 heterocycles. The maximum absolute atomic E-state index is 11.1. The van der Waals surface area contributed by atoms with Gasteiger partial charge >= 0.3 is 0 Å². The molecule has 3 atom stereocenters. The number of hydrogen-bond donors (Lipinski definition) is 3. The van der Waals surface area contributed by atoms with Gasteiger partial charge in [0.2, 0.25) is 0 Å². The molecule has 1 aliphatic heterocycles. The van der Waals surface area contributed by atoms with Gasteiger partial charge in [0.05, 0.1) is 24.1 Å². The van der Waals surface area contributed by atoms with Crippen molar-refractivity contribution in [3.8, 4) is 18.2 Å². The quantitative estimate of drug-likeness (QED) is 0.638. The van der Waals surface area contributed by atoms with Crippen LogP contribution >= 0.6 is 15.9 Å². The van der Waals surface area contributed by atoms with Crippen LogP contribution in [-0.4, -0.2) is 16.0 Å². The molecule has 4 N–H and O–H groups in total. The van der Waals surface area contributed by atoms with E-state index in [-0.39, 0.29) is 0 Å². The van der Waals surface area contributed by atoms with Crippen LogP contribution in [0, 0.1) is 56.2 Å². The van der Waals surface area contributed by atoms with Crippen molar-refractivity contribution >= 4 is 21.8 Å². The SMILES string of the molecule is N#CC1(C#N)C2C(O)(c3ccc(Br)cc3)N(N)C(=N)C21C#N. The van der Waals surface area contributed by atoms with Crippen molar-refractivity contribution in [3.05, 3.63) is 34.3 Å². The molecule has 1 aromatic rings. The third-order valence-corrected chi connectivity index (χ3v) is 5.12. The second kappa shape index (κ2) is 4.06. The van der Waals surface area contributed by atoms with Crippen LogP contribution in [0.5, 0.6) is 0 Å². The highest BCUT2D eigenvalue weighted by Crippen LogP contribution is 2.78. The monoisotopic (exact) mass is 356 g/mol. The van der Waals surface area contributed by atoms with Gasteiger partial charge in [0, 0.05) is 10.0 Å². The number of piperidine rings is 1. The maximum atomic E-state index is 11.1. The highest BCUT2D eigenvalue weighted by atomic mass is 79.9. The molecule has 0 spiro atoms. The average molecular weight is 357 g/mol. The fourth-order valence-corrected chi connectivity index (χ4v) is 3.70. The molecule has 1 saturated carbocycles. The zero-order valence-corrected chi connectivity index (χ0v) is 12.7. The predicted octanol–water partition coefficient (Wildman–Crippen LogP) is 0.934. The Labute approximate surface area is 134 Å². The summed E-state index contributed by atoms with van der Waals surface area (Å²) in [7, 11) is 0. The number of benzene rings is 1. The van der Waals surface area contributed by atoms with Crippen LogP contribution in [0.15, 0.2) is 28.7 Å². The Hall–Kier alpha value is -2.44. The Bertz CT molecular complexity index is 802. The Kier molecular flexibility index (Phi) is 2.67. The number of aliphatic hydroxyl groups is 1. The molecule has 1 aromatic carbocycles. The van der Waals surface area contributed by atoms with E-state index < -0.39 is 28.3 Å². The van der Waals surface area contributed by atoms with Gasteiger partial charge in [-0.25, -0.2) is 5.84 Å². The van der Waals surface area contributed by atoms with Gasteiger partial charge in [0.25, 0.3) is 0 Å². The molecule has 0 aromatic heterocycles. The lowest BCUT2D eigenvalue weighted by Gasteiger charge is -2.35. The van der Waals surface area contributed by atoms with Gasteiger partial charge in [-0.1, -0.05) is 28.1 Å². The van der Waals surface area contributed by atoms with Gasteiger partial charge in [0.15, 0.2) is 16.6 Å². The molecule has 0 bridgehead atoms. The van der Waals surface area contributed by atoms with E-state index in [1.807, 2.05) is 18.2 Å². The third-order valence-electron chi connectivity index (χ3n) is 4.59. The second-order valence-electron chi connectivity index (χ2n) is 5.34. The van der Waals surface area contributed by atoms with Crippen molar-refractivity contribution in [1.82, 2.24) is 5.01 Å². The largest absolute Gasteiger partial charge is 0.365 e. The predicted molar refractivity (Wildman–Crippen MR) is 77.0 cm³/mol. The highest BCUT2D eigenvalue weighted by Gasteiger charge is 2.93. The molecule has 2 aliphatic rings. The van der Waals surface area contributed by atoms with Crippen molar-refractivity contribution in [2.75, 3.05) is 0 Å². The van der Waals surface area contributed by atoms with Gasteiger partial charge in [-0.2, -0.15) is 15.8 Å². The zero-order valence-electron chi connectivity index (χ0n) is 11.1. The first-order valence-electron chi connectivity index (χ1n) is 6.23. The lowest BCUT2D eigenvalue weighted by Crippen LogP contribution is -2.53. The van der Waals surface area contributed by atoms with Gasteiger partial charge in [-0.3, -0.25) is 10.4 Å². The molecular formula is C14H9BrN6O. The number of nitrogens with two attached hydrogens (primary N) is 1. The van der Waals surface area contributed by atoms with Crippen molar-refractivity contribution in [2.24, 2.45) is 22.6 Å².